The fourth-order valence-corrected chi connectivity index (χ4v) is 3.23. The summed E-state index contributed by atoms with van der Waals surface area (Å²) in [5, 5.41) is 2.03. The van der Waals surface area contributed by atoms with E-state index >= 15 is 0 Å². The lowest BCUT2D eigenvalue weighted by Gasteiger charge is -2.04. The lowest BCUT2D eigenvalue weighted by atomic mass is 10.1. The van der Waals surface area contributed by atoms with Crippen molar-refractivity contribution in [2.24, 2.45) is 0 Å². The van der Waals surface area contributed by atoms with Crippen LogP contribution in [0, 0.1) is 0 Å². The summed E-state index contributed by atoms with van der Waals surface area (Å²) < 4.78 is 2.47. The van der Waals surface area contributed by atoms with Crippen LogP contribution in [0.5, 0.6) is 0 Å². The summed E-state index contributed by atoms with van der Waals surface area (Å²) in [5.41, 5.74) is 3.05. The first-order chi connectivity index (χ1) is 9.81. The van der Waals surface area contributed by atoms with Gasteiger partial charge in [0.1, 0.15) is 4.70 Å². The van der Waals surface area contributed by atoms with E-state index in [0.29, 0.717) is 0 Å². The zero-order valence-electron chi connectivity index (χ0n) is 11.4. The third-order valence-corrected chi connectivity index (χ3v) is 4.34. The van der Waals surface area contributed by atoms with Gasteiger partial charge in [-0.15, -0.1) is 11.3 Å². The number of hydrogen-bond acceptors (Lipinski definition) is 3. The van der Waals surface area contributed by atoms with Gasteiger partial charge in [-0.05, 0) is 12.0 Å². The Labute approximate surface area is 121 Å². The van der Waals surface area contributed by atoms with E-state index < -0.39 is 0 Å². The summed E-state index contributed by atoms with van der Waals surface area (Å²) in [6.45, 7) is 2.87. The number of aromatic nitrogens is 2. The number of aryl methyl sites for hydroxylation is 1. The Kier molecular flexibility index (Phi) is 3.65. The molecule has 2 aromatic heterocycles. The van der Waals surface area contributed by atoms with Crippen molar-refractivity contribution >= 4 is 21.6 Å². The molecule has 0 radical (unpaired) electrons. The van der Waals surface area contributed by atoms with Gasteiger partial charge in [0, 0.05) is 17.5 Å². The summed E-state index contributed by atoms with van der Waals surface area (Å²) in [6.07, 6.45) is 3.76. The highest BCUT2D eigenvalue weighted by Gasteiger charge is 2.11. The van der Waals surface area contributed by atoms with Crippen LogP contribution in [0.4, 0.5) is 0 Å². The third-order valence-electron chi connectivity index (χ3n) is 3.38. The molecule has 2 heterocycles. The number of rotatable bonds is 4. The van der Waals surface area contributed by atoms with E-state index in [9.17, 15) is 4.79 Å². The molecule has 0 spiro atoms. The maximum Gasteiger partial charge on any atom is 0.271 e. The van der Waals surface area contributed by atoms with Gasteiger partial charge >= 0.3 is 0 Å². The number of nitrogens with zero attached hydrogens (tertiary/aromatic N) is 2. The van der Waals surface area contributed by atoms with E-state index in [1.807, 2.05) is 35.7 Å². The molecule has 0 aliphatic rings. The summed E-state index contributed by atoms with van der Waals surface area (Å²) in [4.78, 5) is 16.9. The second-order valence-corrected chi connectivity index (χ2v) is 5.67. The molecule has 0 aliphatic heterocycles. The van der Waals surface area contributed by atoms with Gasteiger partial charge in [0.15, 0.2) is 0 Å². The van der Waals surface area contributed by atoms with Crippen molar-refractivity contribution in [3.8, 4) is 11.1 Å². The molecule has 102 valence electrons. The van der Waals surface area contributed by atoms with Crippen LogP contribution in [0.15, 0.2) is 46.8 Å². The number of hydrogen-bond donors (Lipinski definition) is 0. The summed E-state index contributed by atoms with van der Waals surface area (Å²) in [6, 6.07) is 10.1. The molecule has 3 rings (SSSR count). The van der Waals surface area contributed by atoms with Gasteiger partial charge in [0.05, 0.1) is 11.8 Å². The number of unbranched alkanes of at least 4 members (excludes halogenated alkanes) is 1. The smallest absolute Gasteiger partial charge is 0.271 e. The molecule has 0 fully saturated rings. The predicted octanol–water partition coefficient (Wildman–Crippen LogP) is 3.93. The predicted molar refractivity (Wildman–Crippen MR) is 84.2 cm³/mol. The zero-order chi connectivity index (χ0) is 13.9. The largest absolute Gasteiger partial charge is 0.298 e. The third kappa shape index (κ3) is 2.27. The van der Waals surface area contributed by atoms with Gasteiger partial charge in [-0.3, -0.25) is 9.36 Å². The number of benzene rings is 1. The van der Waals surface area contributed by atoms with E-state index in [4.69, 9.17) is 0 Å². The van der Waals surface area contributed by atoms with Crippen LogP contribution in [-0.4, -0.2) is 9.55 Å². The molecular weight excluding hydrogens is 268 g/mol. The van der Waals surface area contributed by atoms with Crippen LogP contribution in [-0.2, 0) is 6.54 Å². The Bertz CT molecular complexity index is 774. The molecule has 3 nitrogen and oxygen atoms in total. The summed E-state index contributed by atoms with van der Waals surface area (Å²) in [7, 11) is 0. The maximum absolute atomic E-state index is 12.4. The Morgan fingerprint density at radius 1 is 1.25 bits per heavy atom. The molecule has 0 bridgehead atoms. The standard InChI is InChI=1S/C16H16N2OS/c1-2-3-9-18-11-17-14-13(10-20-15(14)16(18)19)12-7-5-4-6-8-12/h4-8,10-11H,2-3,9H2,1H3. The van der Waals surface area contributed by atoms with Gasteiger partial charge < -0.3 is 0 Å². The fourth-order valence-electron chi connectivity index (χ4n) is 2.25. The lowest BCUT2D eigenvalue weighted by molar-refractivity contribution is 0.609. The van der Waals surface area contributed by atoms with Gasteiger partial charge in [0.2, 0.25) is 0 Å². The van der Waals surface area contributed by atoms with E-state index in [-0.39, 0.29) is 5.56 Å². The average Bonchev–Trinajstić information content (AvgIpc) is 2.92. The average molecular weight is 284 g/mol. The van der Waals surface area contributed by atoms with E-state index in [1.165, 1.54) is 11.3 Å². The molecule has 0 aliphatic carbocycles. The highest BCUT2D eigenvalue weighted by Crippen LogP contribution is 2.30. The minimum atomic E-state index is 0.0793. The first kappa shape index (κ1) is 13.1. The molecule has 0 amide bonds. The molecule has 0 atom stereocenters. The van der Waals surface area contributed by atoms with E-state index in [1.54, 1.807) is 10.9 Å². The lowest BCUT2D eigenvalue weighted by Crippen LogP contribution is -2.19. The Morgan fingerprint density at radius 2 is 2.05 bits per heavy atom. The summed E-state index contributed by atoms with van der Waals surface area (Å²) in [5.74, 6) is 0. The van der Waals surface area contributed by atoms with Crippen LogP contribution in [0.1, 0.15) is 19.8 Å². The topological polar surface area (TPSA) is 34.9 Å². The van der Waals surface area contributed by atoms with Gasteiger partial charge in [-0.1, -0.05) is 43.7 Å². The molecule has 0 saturated heterocycles. The Hall–Kier alpha value is -1.94. The molecule has 0 N–H and O–H groups in total. The molecule has 20 heavy (non-hydrogen) atoms. The van der Waals surface area contributed by atoms with Crippen LogP contribution in [0.3, 0.4) is 0 Å². The van der Waals surface area contributed by atoms with Crippen molar-refractivity contribution in [1.82, 2.24) is 9.55 Å². The molecular formula is C16H16N2OS. The molecule has 1 aromatic carbocycles. The van der Waals surface area contributed by atoms with Crippen LogP contribution in [0.25, 0.3) is 21.3 Å². The maximum atomic E-state index is 12.4. The highest BCUT2D eigenvalue weighted by atomic mass is 32.1. The number of fused-ring (bicyclic) bond motifs is 1. The van der Waals surface area contributed by atoms with E-state index in [0.717, 1.165) is 40.7 Å². The first-order valence-corrected chi connectivity index (χ1v) is 7.71. The van der Waals surface area contributed by atoms with Crippen molar-refractivity contribution in [2.75, 3.05) is 0 Å². The minimum Gasteiger partial charge on any atom is -0.298 e. The quantitative estimate of drug-likeness (QED) is 0.727. The normalized spacial score (nSPS) is 11.1. The molecule has 3 aromatic rings. The van der Waals surface area contributed by atoms with Crippen molar-refractivity contribution in [2.45, 2.75) is 26.3 Å². The Balaban J connectivity index is 2.11. The fraction of sp³-hybridized carbons (Fsp3) is 0.250. The zero-order valence-corrected chi connectivity index (χ0v) is 12.2. The van der Waals surface area contributed by atoms with Crippen LogP contribution < -0.4 is 5.56 Å². The molecule has 0 unspecified atom stereocenters. The number of thiophene rings is 1. The van der Waals surface area contributed by atoms with Gasteiger partial charge in [0.25, 0.3) is 5.56 Å². The molecule has 4 heteroatoms. The minimum absolute atomic E-state index is 0.0793. The van der Waals surface area contributed by atoms with Crippen molar-refractivity contribution in [3.05, 3.63) is 52.4 Å². The monoisotopic (exact) mass is 284 g/mol. The van der Waals surface area contributed by atoms with E-state index in [2.05, 4.69) is 11.9 Å². The van der Waals surface area contributed by atoms with Gasteiger partial charge in [-0.25, -0.2) is 4.98 Å². The highest BCUT2D eigenvalue weighted by molar-refractivity contribution is 7.17. The van der Waals surface area contributed by atoms with Crippen molar-refractivity contribution in [1.29, 1.82) is 0 Å². The van der Waals surface area contributed by atoms with Crippen LogP contribution >= 0.6 is 11.3 Å². The van der Waals surface area contributed by atoms with Gasteiger partial charge in [-0.2, -0.15) is 0 Å². The van der Waals surface area contributed by atoms with Crippen molar-refractivity contribution < 1.29 is 0 Å². The SMILES string of the molecule is CCCCn1cnc2c(-c3ccccc3)csc2c1=O. The molecule has 0 saturated carbocycles. The van der Waals surface area contributed by atoms with Crippen molar-refractivity contribution in [3.63, 3.8) is 0 Å². The summed E-state index contributed by atoms with van der Waals surface area (Å²) >= 11 is 1.49. The Morgan fingerprint density at radius 3 is 2.80 bits per heavy atom. The van der Waals surface area contributed by atoms with Crippen LogP contribution in [0.2, 0.25) is 0 Å². The second-order valence-electron chi connectivity index (χ2n) is 4.79. The first-order valence-electron chi connectivity index (χ1n) is 6.83. The second kappa shape index (κ2) is 5.59.